The SMILES string of the molecule is C=C(/C=C(\C)c1ccccn1)c1ccc2ccccc2c1. The van der Waals surface area contributed by atoms with Crippen LogP contribution < -0.4 is 0 Å². The predicted molar refractivity (Wildman–Crippen MR) is 90.9 cm³/mol. The molecule has 0 fully saturated rings. The van der Waals surface area contributed by atoms with Crippen LogP contribution in [0.1, 0.15) is 18.2 Å². The molecule has 21 heavy (non-hydrogen) atoms. The molecule has 0 aliphatic heterocycles. The molecule has 0 saturated heterocycles. The summed E-state index contributed by atoms with van der Waals surface area (Å²) in [5.74, 6) is 0. The second-order valence-electron chi connectivity index (χ2n) is 5.13. The Balaban J connectivity index is 1.93. The van der Waals surface area contributed by atoms with E-state index < -0.39 is 0 Å². The van der Waals surface area contributed by atoms with E-state index in [1.165, 1.54) is 10.8 Å². The van der Waals surface area contributed by atoms with Gasteiger partial charge in [0, 0.05) is 6.20 Å². The summed E-state index contributed by atoms with van der Waals surface area (Å²) in [7, 11) is 0. The third kappa shape index (κ3) is 2.92. The molecule has 0 unspecified atom stereocenters. The lowest BCUT2D eigenvalue weighted by molar-refractivity contribution is 1.27. The number of aromatic nitrogens is 1. The average Bonchev–Trinajstić information content (AvgIpc) is 2.55. The average molecular weight is 271 g/mol. The molecule has 2 aromatic carbocycles. The van der Waals surface area contributed by atoms with E-state index in [1.807, 2.05) is 24.4 Å². The number of pyridine rings is 1. The number of hydrogen-bond donors (Lipinski definition) is 0. The van der Waals surface area contributed by atoms with E-state index in [2.05, 4.69) is 67.0 Å². The van der Waals surface area contributed by atoms with Crippen LogP contribution in [0.5, 0.6) is 0 Å². The van der Waals surface area contributed by atoms with Crippen molar-refractivity contribution >= 4 is 21.9 Å². The zero-order valence-electron chi connectivity index (χ0n) is 12.1. The predicted octanol–water partition coefficient (Wildman–Crippen LogP) is 5.35. The number of rotatable bonds is 3. The third-order valence-electron chi connectivity index (χ3n) is 3.58. The van der Waals surface area contributed by atoms with Gasteiger partial charge >= 0.3 is 0 Å². The minimum absolute atomic E-state index is 0.986. The van der Waals surface area contributed by atoms with Gasteiger partial charge in [0.15, 0.2) is 0 Å². The summed E-state index contributed by atoms with van der Waals surface area (Å²) >= 11 is 0. The maximum atomic E-state index is 4.37. The normalized spacial score (nSPS) is 11.6. The van der Waals surface area contributed by atoms with E-state index in [0.717, 1.165) is 22.4 Å². The maximum Gasteiger partial charge on any atom is 0.0658 e. The summed E-state index contributed by atoms with van der Waals surface area (Å²) in [5, 5.41) is 2.49. The number of allylic oxidation sites excluding steroid dienone is 3. The Labute approximate surface area is 125 Å². The second-order valence-corrected chi connectivity index (χ2v) is 5.13. The van der Waals surface area contributed by atoms with E-state index >= 15 is 0 Å². The highest BCUT2D eigenvalue weighted by Gasteiger charge is 2.01. The Hall–Kier alpha value is -2.67. The van der Waals surface area contributed by atoms with Gasteiger partial charge in [-0.25, -0.2) is 0 Å². The Morgan fingerprint density at radius 1 is 0.952 bits per heavy atom. The van der Waals surface area contributed by atoms with Crippen molar-refractivity contribution in [1.29, 1.82) is 0 Å². The van der Waals surface area contributed by atoms with Crippen molar-refractivity contribution in [2.75, 3.05) is 0 Å². The molecule has 1 heterocycles. The Morgan fingerprint density at radius 2 is 1.71 bits per heavy atom. The van der Waals surface area contributed by atoms with Crippen molar-refractivity contribution in [3.05, 3.63) is 90.8 Å². The fraction of sp³-hybridized carbons (Fsp3) is 0.0500. The summed E-state index contributed by atoms with van der Waals surface area (Å²) < 4.78 is 0. The lowest BCUT2D eigenvalue weighted by atomic mass is 10.00. The van der Waals surface area contributed by atoms with E-state index in [-0.39, 0.29) is 0 Å². The Morgan fingerprint density at radius 3 is 2.48 bits per heavy atom. The van der Waals surface area contributed by atoms with Gasteiger partial charge in [0.25, 0.3) is 0 Å². The van der Waals surface area contributed by atoms with Gasteiger partial charge < -0.3 is 0 Å². The van der Waals surface area contributed by atoms with Gasteiger partial charge in [0.1, 0.15) is 0 Å². The molecule has 1 aromatic heterocycles. The molecule has 1 nitrogen and oxygen atoms in total. The summed E-state index contributed by atoms with van der Waals surface area (Å²) in [4.78, 5) is 4.37. The molecule has 3 aromatic rings. The highest BCUT2D eigenvalue weighted by atomic mass is 14.7. The summed E-state index contributed by atoms with van der Waals surface area (Å²) in [5.41, 5.74) is 4.25. The lowest BCUT2D eigenvalue weighted by Gasteiger charge is -2.06. The minimum atomic E-state index is 0.986. The Bertz CT molecular complexity index is 813. The van der Waals surface area contributed by atoms with Crippen molar-refractivity contribution in [2.24, 2.45) is 0 Å². The van der Waals surface area contributed by atoms with Crippen molar-refractivity contribution in [1.82, 2.24) is 4.98 Å². The van der Waals surface area contributed by atoms with E-state index in [1.54, 1.807) is 0 Å². The van der Waals surface area contributed by atoms with Crippen molar-refractivity contribution in [3.63, 3.8) is 0 Å². The minimum Gasteiger partial charge on any atom is -0.257 e. The maximum absolute atomic E-state index is 4.37. The van der Waals surface area contributed by atoms with Crippen molar-refractivity contribution < 1.29 is 0 Å². The van der Waals surface area contributed by atoms with Crippen LogP contribution in [0.15, 0.2) is 79.5 Å². The number of hydrogen-bond acceptors (Lipinski definition) is 1. The molecule has 0 bridgehead atoms. The highest BCUT2D eigenvalue weighted by molar-refractivity contribution is 5.89. The molecule has 0 aliphatic carbocycles. The molecule has 0 saturated carbocycles. The standard InChI is InChI=1S/C20H17N/c1-15(13-16(2)20-9-5-6-12-21-20)18-11-10-17-7-3-4-8-19(17)14-18/h3-14H,1H2,2H3/b16-13+. The molecular formula is C20H17N. The third-order valence-corrected chi connectivity index (χ3v) is 3.58. The zero-order chi connectivity index (χ0) is 14.7. The molecule has 0 amide bonds. The second kappa shape index (κ2) is 5.76. The lowest BCUT2D eigenvalue weighted by Crippen LogP contribution is -1.86. The molecule has 0 radical (unpaired) electrons. The zero-order valence-corrected chi connectivity index (χ0v) is 12.1. The molecule has 1 heteroatoms. The summed E-state index contributed by atoms with van der Waals surface area (Å²) in [6, 6.07) is 20.7. The largest absolute Gasteiger partial charge is 0.257 e. The molecular weight excluding hydrogens is 254 g/mol. The number of nitrogens with zero attached hydrogens (tertiary/aromatic N) is 1. The molecule has 0 spiro atoms. The first-order chi connectivity index (χ1) is 10.2. The fourth-order valence-electron chi connectivity index (χ4n) is 2.40. The van der Waals surface area contributed by atoms with Crippen LogP contribution in [0.25, 0.3) is 21.9 Å². The van der Waals surface area contributed by atoms with Crippen molar-refractivity contribution in [2.45, 2.75) is 6.92 Å². The van der Waals surface area contributed by atoms with Crippen LogP contribution in [-0.2, 0) is 0 Å². The van der Waals surface area contributed by atoms with Crippen LogP contribution >= 0.6 is 0 Å². The van der Waals surface area contributed by atoms with Gasteiger partial charge in [-0.2, -0.15) is 0 Å². The van der Waals surface area contributed by atoms with Gasteiger partial charge in [-0.3, -0.25) is 4.98 Å². The summed E-state index contributed by atoms with van der Waals surface area (Å²) in [6.07, 6.45) is 3.90. The van der Waals surface area contributed by atoms with Gasteiger partial charge in [-0.05, 0) is 58.7 Å². The van der Waals surface area contributed by atoms with Crippen molar-refractivity contribution in [3.8, 4) is 0 Å². The first-order valence-electron chi connectivity index (χ1n) is 7.02. The van der Waals surface area contributed by atoms with E-state index in [4.69, 9.17) is 0 Å². The first kappa shape index (κ1) is 13.3. The monoisotopic (exact) mass is 271 g/mol. The van der Waals surface area contributed by atoms with Crippen LogP contribution in [0, 0.1) is 0 Å². The summed E-state index contributed by atoms with van der Waals surface area (Å²) in [6.45, 7) is 6.26. The first-order valence-corrected chi connectivity index (χ1v) is 7.02. The smallest absolute Gasteiger partial charge is 0.0658 e. The molecule has 0 N–H and O–H groups in total. The molecule has 102 valence electrons. The quantitative estimate of drug-likeness (QED) is 0.585. The van der Waals surface area contributed by atoms with Gasteiger partial charge in [0.05, 0.1) is 5.69 Å². The fourth-order valence-corrected chi connectivity index (χ4v) is 2.40. The van der Waals surface area contributed by atoms with Gasteiger partial charge in [-0.1, -0.05) is 49.0 Å². The van der Waals surface area contributed by atoms with Crippen LogP contribution in [0.2, 0.25) is 0 Å². The molecule has 0 atom stereocenters. The van der Waals surface area contributed by atoms with Crippen LogP contribution in [0.4, 0.5) is 0 Å². The van der Waals surface area contributed by atoms with E-state index in [9.17, 15) is 0 Å². The number of benzene rings is 2. The van der Waals surface area contributed by atoms with E-state index in [0.29, 0.717) is 0 Å². The topological polar surface area (TPSA) is 12.9 Å². The molecule has 0 aliphatic rings. The van der Waals surface area contributed by atoms with Gasteiger partial charge in [-0.15, -0.1) is 0 Å². The molecule has 3 rings (SSSR count). The van der Waals surface area contributed by atoms with Crippen LogP contribution in [-0.4, -0.2) is 4.98 Å². The highest BCUT2D eigenvalue weighted by Crippen LogP contribution is 2.23. The Kier molecular flexibility index (Phi) is 3.65. The van der Waals surface area contributed by atoms with Gasteiger partial charge in [0.2, 0.25) is 0 Å². The van der Waals surface area contributed by atoms with Crippen LogP contribution in [0.3, 0.4) is 0 Å². The number of fused-ring (bicyclic) bond motifs is 1.